The van der Waals surface area contributed by atoms with Gasteiger partial charge in [-0.05, 0) is 24.6 Å². The highest BCUT2D eigenvalue weighted by atomic mass is 16.2. The monoisotopic (exact) mass is 364 g/mol. The number of aromatic amines is 1. The number of nitrogens with zero attached hydrogens (tertiary/aromatic N) is 1. The number of benzene rings is 2. The number of aryl methyl sites for hydroxylation is 1. The molecule has 0 aliphatic rings. The largest absolute Gasteiger partial charge is 0.356 e. The summed E-state index contributed by atoms with van der Waals surface area (Å²) in [6, 6.07) is 15.3. The van der Waals surface area contributed by atoms with Gasteiger partial charge in [-0.15, -0.1) is 0 Å². The van der Waals surface area contributed by atoms with Gasteiger partial charge < -0.3 is 15.6 Å². The molecule has 0 saturated carbocycles. The van der Waals surface area contributed by atoms with Crippen LogP contribution in [0.3, 0.4) is 0 Å². The van der Waals surface area contributed by atoms with Crippen molar-refractivity contribution in [1.29, 1.82) is 0 Å². The number of carbonyl (C=O) groups excluding carboxylic acids is 2. The number of para-hydroxylation sites is 2. The fraction of sp³-hybridized carbons (Fsp3) is 0.286. The summed E-state index contributed by atoms with van der Waals surface area (Å²) in [6.07, 6.45) is 0.818. The van der Waals surface area contributed by atoms with E-state index < -0.39 is 0 Å². The Balaban J connectivity index is 1.55. The Kier molecular flexibility index (Phi) is 5.86. The maximum Gasteiger partial charge on any atom is 0.222 e. The number of hydrogen-bond donors (Lipinski definition) is 3. The molecule has 1 aromatic heterocycles. The normalized spacial score (nSPS) is 11.9. The zero-order valence-electron chi connectivity index (χ0n) is 15.6. The van der Waals surface area contributed by atoms with Crippen LogP contribution in [0.25, 0.3) is 11.0 Å². The number of carbonyl (C=O) groups is 2. The summed E-state index contributed by atoms with van der Waals surface area (Å²) < 4.78 is 0. The Morgan fingerprint density at radius 3 is 2.56 bits per heavy atom. The second-order valence-electron chi connectivity index (χ2n) is 6.67. The van der Waals surface area contributed by atoms with Crippen molar-refractivity contribution in [2.45, 2.75) is 32.7 Å². The zero-order valence-corrected chi connectivity index (χ0v) is 15.6. The molecule has 0 aliphatic carbocycles. The van der Waals surface area contributed by atoms with Gasteiger partial charge in [0.2, 0.25) is 11.8 Å². The molecule has 140 valence electrons. The van der Waals surface area contributed by atoms with Gasteiger partial charge >= 0.3 is 0 Å². The number of H-pyrrole nitrogens is 1. The Bertz CT molecular complexity index is 898. The van der Waals surface area contributed by atoms with Crippen molar-refractivity contribution in [1.82, 2.24) is 20.6 Å². The molecule has 1 atom stereocenters. The molecular formula is C21H24N4O2. The van der Waals surface area contributed by atoms with E-state index >= 15 is 0 Å². The van der Waals surface area contributed by atoms with Gasteiger partial charge in [0.1, 0.15) is 5.82 Å². The highest BCUT2D eigenvalue weighted by Gasteiger charge is 2.17. The third-order valence-electron chi connectivity index (χ3n) is 4.37. The predicted molar refractivity (Wildman–Crippen MR) is 105 cm³/mol. The maximum absolute atomic E-state index is 12.3. The molecule has 2 aromatic carbocycles. The Morgan fingerprint density at radius 2 is 1.85 bits per heavy atom. The van der Waals surface area contributed by atoms with Crippen LogP contribution in [0.4, 0.5) is 0 Å². The Hall–Kier alpha value is -3.15. The van der Waals surface area contributed by atoms with E-state index in [4.69, 9.17) is 0 Å². The molecule has 2 amide bonds. The molecule has 0 radical (unpaired) electrons. The van der Waals surface area contributed by atoms with Crippen LogP contribution < -0.4 is 10.6 Å². The number of rotatable bonds is 7. The summed E-state index contributed by atoms with van der Waals surface area (Å²) in [5.74, 6) is 0.578. The van der Waals surface area contributed by atoms with E-state index in [9.17, 15) is 9.59 Å². The van der Waals surface area contributed by atoms with E-state index in [-0.39, 0.29) is 24.3 Å². The molecule has 0 saturated heterocycles. The van der Waals surface area contributed by atoms with Gasteiger partial charge in [-0.1, -0.05) is 42.0 Å². The lowest BCUT2D eigenvalue weighted by atomic mass is 10.0. The maximum atomic E-state index is 12.3. The number of fused-ring (bicyclic) bond motifs is 1. The van der Waals surface area contributed by atoms with Crippen LogP contribution in [0.1, 0.15) is 36.3 Å². The SMILES string of the molecule is CC(=O)NC(CC(=O)NCCc1nc2ccccc2[nH]1)c1ccc(C)cc1. The molecular weight excluding hydrogens is 340 g/mol. The lowest BCUT2D eigenvalue weighted by Gasteiger charge is -2.18. The number of imidazole rings is 1. The fourth-order valence-electron chi connectivity index (χ4n) is 3.00. The highest BCUT2D eigenvalue weighted by Crippen LogP contribution is 2.17. The molecule has 3 N–H and O–H groups in total. The molecule has 0 bridgehead atoms. The van der Waals surface area contributed by atoms with Crippen molar-refractivity contribution in [2.24, 2.45) is 0 Å². The van der Waals surface area contributed by atoms with Crippen molar-refractivity contribution in [2.75, 3.05) is 6.54 Å². The standard InChI is InChI=1S/C21H24N4O2/c1-14-7-9-16(10-8-14)19(23-15(2)26)13-21(27)22-12-11-20-24-17-5-3-4-6-18(17)25-20/h3-10,19H,11-13H2,1-2H3,(H,22,27)(H,23,26)(H,24,25). The van der Waals surface area contributed by atoms with Crippen molar-refractivity contribution in [3.8, 4) is 0 Å². The zero-order chi connectivity index (χ0) is 19.2. The minimum atomic E-state index is -0.339. The second kappa shape index (κ2) is 8.49. The number of amides is 2. The summed E-state index contributed by atoms with van der Waals surface area (Å²) in [7, 11) is 0. The lowest BCUT2D eigenvalue weighted by molar-refractivity contribution is -0.122. The van der Waals surface area contributed by atoms with Crippen molar-refractivity contribution < 1.29 is 9.59 Å². The number of hydrogen-bond acceptors (Lipinski definition) is 3. The third kappa shape index (κ3) is 5.17. The summed E-state index contributed by atoms with van der Waals surface area (Å²) in [6.45, 7) is 3.95. The van der Waals surface area contributed by atoms with Gasteiger partial charge in [0, 0.05) is 19.9 Å². The second-order valence-corrected chi connectivity index (χ2v) is 6.67. The molecule has 1 unspecified atom stereocenters. The molecule has 6 heteroatoms. The minimum absolute atomic E-state index is 0.106. The van der Waals surface area contributed by atoms with E-state index in [1.807, 2.05) is 55.5 Å². The Morgan fingerprint density at radius 1 is 1.11 bits per heavy atom. The summed E-state index contributed by atoms with van der Waals surface area (Å²) in [5.41, 5.74) is 3.96. The first kappa shape index (κ1) is 18.6. The predicted octanol–water partition coefficient (Wildman–Crippen LogP) is 2.80. The van der Waals surface area contributed by atoms with Crippen LogP contribution in [0.2, 0.25) is 0 Å². The summed E-state index contributed by atoms with van der Waals surface area (Å²) >= 11 is 0. The quantitative estimate of drug-likeness (QED) is 0.602. The van der Waals surface area contributed by atoms with Crippen molar-refractivity contribution in [3.05, 3.63) is 65.5 Å². The van der Waals surface area contributed by atoms with Gasteiger partial charge in [0.25, 0.3) is 0 Å². The van der Waals surface area contributed by atoms with E-state index in [0.29, 0.717) is 13.0 Å². The van der Waals surface area contributed by atoms with E-state index in [1.165, 1.54) is 6.92 Å². The molecule has 27 heavy (non-hydrogen) atoms. The van der Waals surface area contributed by atoms with Gasteiger partial charge in [-0.2, -0.15) is 0 Å². The van der Waals surface area contributed by atoms with Crippen LogP contribution in [0.15, 0.2) is 48.5 Å². The lowest BCUT2D eigenvalue weighted by Crippen LogP contribution is -2.33. The van der Waals surface area contributed by atoms with Crippen LogP contribution in [0.5, 0.6) is 0 Å². The van der Waals surface area contributed by atoms with Gasteiger partial charge in [-0.3, -0.25) is 9.59 Å². The van der Waals surface area contributed by atoms with Crippen molar-refractivity contribution >= 4 is 22.8 Å². The van der Waals surface area contributed by atoms with E-state index in [2.05, 4.69) is 20.6 Å². The smallest absolute Gasteiger partial charge is 0.222 e. The van der Waals surface area contributed by atoms with Crippen LogP contribution in [0, 0.1) is 6.92 Å². The molecule has 0 fully saturated rings. The number of aromatic nitrogens is 2. The topological polar surface area (TPSA) is 86.9 Å². The van der Waals surface area contributed by atoms with E-state index in [0.717, 1.165) is 28.0 Å². The first-order chi connectivity index (χ1) is 13.0. The Labute approximate surface area is 158 Å². The van der Waals surface area contributed by atoms with E-state index in [1.54, 1.807) is 0 Å². The molecule has 0 aliphatic heterocycles. The third-order valence-corrected chi connectivity index (χ3v) is 4.37. The summed E-state index contributed by atoms with van der Waals surface area (Å²) in [5, 5.41) is 5.76. The summed E-state index contributed by atoms with van der Waals surface area (Å²) in [4.78, 5) is 31.6. The fourth-order valence-corrected chi connectivity index (χ4v) is 3.00. The number of nitrogens with one attached hydrogen (secondary N) is 3. The molecule has 3 aromatic rings. The average molecular weight is 364 g/mol. The highest BCUT2D eigenvalue weighted by molar-refractivity contribution is 5.79. The van der Waals surface area contributed by atoms with Crippen LogP contribution in [-0.4, -0.2) is 28.3 Å². The van der Waals surface area contributed by atoms with Crippen molar-refractivity contribution in [3.63, 3.8) is 0 Å². The van der Waals surface area contributed by atoms with Crippen LogP contribution in [-0.2, 0) is 16.0 Å². The van der Waals surface area contributed by atoms with Crippen LogP contribution >= 0.6 is 0 Å². The molecule has 1 heterocycles. The molecule has 6 nitrogen and oxygen atoms in total. The first-order valence-corrected chi connectivity index (χ1v) is 9.05. The van der Waals surface area contributed by atoms with Gasteiger partial charge in [-0.25, -0.2) is 4.98 Å². The van der Waals surface area contributed by atoms with Gasteiger partial charge in [0.05, 0.1) is 23.5 Å². The molecule has 0 spiro atoms. The average Bonchev–Trinajstić information content (AvgIpc) is 3.04. The minimum Gasteiger partial charge on any atom is -0.356 e. The van der Waals surface area contributed by atoms with Gasteiger partial charge in [0.15, 0.2) is 0 Å². The molecule has 3 rings (SSSR count). The first-order valence-electron chi connectivity index (χ1n) is 9.05.